The van der Waals surface area contributed by atoms with Gasteiger partial charge < -0.3 is 0 Å². The molecule has 0 spiro atoms. The monoisotopic (exact) mass is 176 g/mol. The summed E-state index contributed by atoms with van der Waals surface area (Å²) in [5, 5.41) is 0. The number of ketones is 1. The van der Waals surface area contributed by atoms with Gasteiger partial charge in [0, 0.05) is 12.0 Å². The molecule has 70 valence electrons. The molecule has 2 rings (SSSR count). The van der Waals surface area contributed by atoms with Gasteiger partial charge in [0.2, 0.25) is 0 Å². The van der Waals surface area contributed by atoms with E-state index in [1.54, 1.807) is 0 Å². The summed E-state index contributed by atoms with van der Waals surface area (Å²) in [5.41, 5.74) is 3.35. The van der Waals surface area contributed by atoms with Crippen LogP contribution in [-0.2, 0) is 6.42 Å². The van der Waals surface area contributed by atoms with Crippen molar-refractivity contribution in [3.8, 4) is 0 Å². The Morgan fingerprint density at radius 3 is 2.54 bits per heavy atom. The Morgan fingerprint density at radius 2 is 1.85 bits per heavy atom. The Balaban J connectivity index is 0.000000396. The van der Waals surface area contributed by atoms with Crippen LogP contribution in [0.1, 0.15) is 41.8 Å². The van der Waals surface area contributed by atoms with Crippen LogP contribution < -0.4 is 0 Å². The average molecular weight is 176 g/mol. The van der Waals surface area contributed by atoms with Crippen molar-refractivity contribution in [1.29, 1.82) is 0 Å². The van der Waals surface area contributed by atoms with Crippen molar-refractivity contribution >= 4 is 5.78 Å². The lowest BCUT2D eigenvalue weighted by Gasteiger charge is -1.97. The fourth-order valence-corrected chi connectivity index (χ4v) is 1.55. The van der Waals surface area contributed by atoms with Gasteiger partial charge >= 0.3 is 0 Å². The van der Waals surface area contributed by atoms with E-state index in [2.05, 4.69) is 12.1 Å². The molecular formula is C12H16O. The molecule has 0 bridgehead atoms. The molecule has 1 aliphatic rings. The van der Waals surface area contributed by atoms with Crippen molar-refractivity contribution < 1.29 is 4.79 Å². The number of rotatable bonds is 0. The van der Waals surface area contributed by atoms with Crippen LogP contribution >= 0.6 is 0 Å². The van der Waals surface area contributed by atoms with E-state index < -0.39 is 0 Å². The van der Waals surface area contributed by atoms with Crippen molar-refractivity contribution in [1.82, 2.24) is 0 Å². The number of Topliss-reactive ketones (excluding diaryl/α,β-unsaturated/α-hetero) is 1. The Kier molecular flexibility index (Phi) is 3.24. The molecular weight excluding hydrogens is 160 g/mol. The van der Waals surface area contributed by atoms with E-state index in [1.807, 2.05) is 26.8 Å². The SMILES string of the molecule is CC.Cc1ccc2c(c1)C(=O)CC2. The topological polar surface area (TPSA) is 17.1 Å². The average Bonchev–Trinajstić information content (AvgIpc) is 2.52. The Bertz CT molecular complexity index is 313. The second-order valence-corrected chi connectivity index (χ2v) is 3.08. The summed E-state index contributed by atoms with van der Waals surface area (Å²) in [6.45, 7) is 6.02. The van der Waals surface area contributed by atoms with Crippen LogP contribution in [0, 0.1) is 6.92 Å². The number of hydrogen-bond acceptors (Lipinski definition) is 1. The zero-order valence-corrected chi connectivity index (χ0v) is 8.55. The third-order valence-corrected chi connectivity index (χ3v) is 2.19. The largest absolute Gasteiger partial charge is 0.294 e. The Morgan fingerprint density at radius 1 is 1.15 bits per heavy atom. The molecule has 0 atom stereocenters. The molecule has 0 aliphatic heterocycles. The minimum Gasteiger partial charge on any atom is -0.294 e. The maximum absolute atomic E-state index is 11.2. The Hall–Kier alpha value is -1.11. The highest BCUT2D eigenvalue weighted by Gasteiger charge is 2.18. The maximum atomic E-state index is 11.2. The van der Waals surface area contributed by atoms with Gasteiger partial charge in [0.15, 0.2) is 5.78 Å². The lowest BCUT2D eigenvalue weighted by atomic mass is 10.1. The van der Waals surface area contributed by atoms with E-state index in [4.69, 9.17) is 0 Å². The number of fused-ring (bicyclic) bond motifs is 1. The number of benzene rings is 1. The van der Waals surface area contributed by atoms with Gasteiger partial charge in [0.05, 0.1) is 0 Å². The van der Waals surface area contributed by atoms with Crippen molar-refractivity contribution in [3.63, 3.8) is 0 Å². The van der Waals surface area contributed by atoms with Crippen molar-refractivity contribution in [2.75, 3.05) is 0 Å². The zero-order valence-electron chi connectivity index (χ0n) is 8.55. The van der Waals surface area contributed by atoms with Gasteiger partial charge in [0.1, 0.15) is 0 Å². The first-order valence-electron chi connectivity index (χ1n) is 4.90. The molecule has 1 aliphatic carbocycles. The summed E-state index contributed by atoms with van der Waals surface area (Å²) in [4.78, 5) is 11.2. The van der Waals surface area contributed by atoms with Gasteiger partial charge in [-0.1, -0.05) is 31.5 Å². The number of carbonyl (C=O) groups is 1. The molecule has 0 N–H and O–H groups in total. The van der Waals surface area contributed by atoms with Gasteiger partial charge in [-0.3, -0.25) is 4.79 Å². The van der Waals surface area contributed by atoms with Crippen LogP contribution in [0.4, 0.5) is 0 Å². The quantitative estimate of drug-likeness (QED) is 0.593. The first kappa shape index (κ1) is 9.97. The normalized spacial score (nSPS) is 13.3. The molecule has 1 nitrogen and oxygen atoms in total. The first-order valence-corrected chi connectivity index (χ1v) is 4.90. The summed E-state index contributed by atoms with van der Waals surface area (Å²) in [7, 11) is 0. The van der Waals surface area contributed by atoms with Crippen LogP contribution in [0.25, 0.3) is 0 Å². The smallest absolute Gasteiger partial charge is 0.163 e. The van der Waals surface area contributed by atoms with E-state index in [-0.39, 0.29) is 0 Å². The van der Waals surface area contributed by atoms with Crippen LogP contribution in [0.2, 0.25) is 0 Å². The van der Waals surface area contributed by atoms with Crippen LogP contribution in [-0.4, -0.2) is 5.78 Å². The lowest BCUT2D eigenvalue weighted by molar-refractivity contribution is 0.0994. The van der Waals surface area contributed by atoms with Gasteiger partial charge in [0.25, 0.3) is 0 Å². The molecule has 13 heavy (non-hydrogen) atoms. The van der Waals surface area contributed by atoms with E-state index in [1.165, 1.54) is 11.1 Å². The molecule has 0 saturated carbocycles. The van der Waals surface area contributed by atoms with Gasteiger partial charge in [-0.05, 0) is 25.0 Å². The fraction of sp³-hybridized carbons (Fsp3) is 0.417. The summed E-state index contributed by atoms with van der Waals surface area (Å²) in [6.07, 6.45) is 1.65. The molecule has 0 fully saturated rings. The number of carbonyl (C=O) groups excluding carboxylic acids is 1. The second-order valence-electron chi connectivity index (χ2n) is 3.08. The minimum atomic E-state index is 0.309. The second kappa shape index (κ2) is 4.22. The molecule has 0 unspecified atom stereocenters. The molecule has 0 heterocycles. The highest BCUT2D eigenvalue weighted by molar-refractivity contribution is 6.00. The number of aryl methyl sites for hydroxylation is 2. The molecule has 1 aromatic rings. The van der Waals surface area contributed by atoms with E-state index in [0.29, 0.717) is 12.2 Å². The van der Waals surface area contributed by atoms with Crippen LogP contribution in [0.5, 0.6) is 0 Å². The molecule has 0 saturated heterocycles. The van der Waals surface area contributed by atoms with E-state index in [9.17, 15) is 4.79 Å². The highest BCUT2D eigenvalue weighted by Crippen LogP contribution is 2.22. The third-order valence-electron chi connectivity index (χ3n) is 2.19. The molecule has 0 aromatic heterocycles. The lowest BCUT2D eigenvalue weighted by Crippen LogP contribution is -1.90. The number of hydrogen-bond donors (Lipinski definition) is 0. The predicted octanol–water partition coefficient (Wildman–Crippen LogP) is 3.15. The van der Waals surface area contributed by atoms with Gasteiger partial charge in [-0.15, -0.1) is 0 Å². The van der Waals surface area contributed by atoms with Crippen LogP contribution in [0.15, 0.2) is 18.2 Å². The summed E-state index contributed by atoms with van der Waals surface area (Å²) >= 11 is 0. The van der Waals surface area contributed by atoms with E-state index in [0.717, 1.165) is 12.0 Å². The Labute approximate surface area is 79.8 Å². The fourth-order valence-electron chi connectivity index (χ4n) is 1.55. The van der Waals surface area contributed by atoms with Crippen molar-refractivity contribution in [2.45, 2.75) is 33.6 Å². The predicted molar refractivity (Wildman–Crippen MR) is 55.2 cm³/mol. The van der Waals surface area contributed by atoms with Crippen molar-refractivity contribution in [3.05, 3.63) is 34.9 Å². The third kappa shape index (κ3) is 1.97. The van der Waals surface area contributed by atoms with Gasteiger partial charge in [-0.25, -0.2) is 0 Å². The summed E-state index contributed by atoms with van der Waals surface area (Å²) in [5.74, 6) is 0.309. The maximum Gasteiger partial charge on any atom is 0.163 e. The summed E-state index contributed by atoms with van der Waals surface area (Å²) < 4.78 is 0. The van der Waals surface area contributed by atoms with Gasteiger partial charge in [-0.2, -0.15) is 0 Å². The molecule has 0 radical (unpaired) electrons. The first-order chi connectivity index (χ1) is 6.27. The summed E-state index contributed by atoms with van der Waals surface area (Å²) in [6, 6.07) is 6.12. The van der Waals surface area contributed by atoms with Crippen molar-refractivity contribution in [2.24, 2.45) is 0 Å². The van der Waals surface area contributed by atoms with Crippen LogP contribution in [0.3, 0.4) is 0 Å². The van der Waals surface area contributed by atoms with E-state index >= 15 is 0 Å². The highest BCUT2D eigenvalue weighted by atomic mass is 16.1. The standard InChI is InChI=1S/C10H10O.C2H6/c1-7-2-3-8-4-5-10(11)9(8)6-7;1-2/h2-3,6H,4-5H2,1H3;1-2H3. The molecule has 1 heteroatoms. The molecule has 1 aromatic carbocycles. The minimum absolute atomic E-state index is 0.309. The zero-order chi connectivity index (χ0) is 9.84. The molecule has 0 amide bonds.